The molecule has 0 atom stereocenters. The summed E-state index contributed by atoms with van der Waals surface area (Å²) in [5.41, 5.74) is 7.14. The Morgan fingerprint density at radius 3 is 2.12 bits per heavy atom. The van der Waals surface area contributed by atoms with Gasteiger partial charge in [-0.25, -0.2) is 0 Å². The maximum atomic E-state index is 4.59. The number of nitrogens with one attached hydrogen (secondary N) is 1. The summed E-state index contributed by atoms with van der Waals surface area (Å²) in [7, 11) is 0. The normalized spacial score (nSPS) is 11.6. The first kappa shape index (κ1) is 16.2. The van der Waals surface area contributed by atoms with Crippen LogP contribution in [0.5, 0.6) is 0 Å². The van der Waals surface area contributed by atoms with Crippen molar-refractivity contribution in [2.24, 2.45) is 5.10 Å². The summed E-state index contributed by atoms with van der Waals surface area (Å²) in [5.74, 6) is 0. The number of hydrogen-bond acceptors (Lipinski definition) is 2. The average molecular weight is 377 g/mol. The van der Waals surface area contributed by atoms with Gasteiger partial charge in [-0.05, 0) is 39.7 Å². The lowest BCUT2D eigenvalue weighted by Crippen LogP contribution is -2.01. The van der Waals surface area contributed by atoms with E-state index in [9.17, 15) is 0 Å². The van der Waals surface area contributed by atoms with Crippen molar-refractivity contribution < 1.29 is 0 Å². The first-order valence-electron chi connectivity index (χ1n) is 7.70. The van der Waals surface area contributed by atoms with Gasteiger partial charge in [0, 0.05) is 10.0 Å². The quantitative estimate of drug-likeness (QED) is 0.429. The number of benzene rings is 3. The maximum absolute atomic E-state index is 4.59. The topological polar surface area (TPSA) is 24.4 Å². The van der Waals surface area contributed by atoms with Gasteiger partial charge in [-0.15, -0.1) is 0 Å². The number of hydrogen-bond donors (Lipinski definition) is 1. The number of para-hydroxylation sites is 1. The second kappa shape index (κ2) is 8.27. The van der Waals surface area contributed by atoms with Crippen LogP contribution in [0.4, 0.5) is 5.69 Å². The fourth-order valence-electron chi connectivity index (χ4n) is 2.22. The van der Waals surface area contributed by atoms with Crippen LogP contribution in [0, 0.1) is 0 Å². The van der Waals surface area contributed by atoms with Crippen LogP contribution in [0.2, 0.25) is 0 Å². The molecule has 3 heteroatoms. The van der Waals surface area contributed by atoms with Gasteiger partial charge in [-0.3, -0.25) is 5.43 Å². The minimum atomic E-state index is 0.871. The van der Waals surface area contributed by atoms with Crippen LogP contribution in [0.15, 0.2) is 101 Å². The van der Waals surface area contributed by atoms with Gasteiger partial charge in [-0.1, -0.05) is 78.9 Å². The van der Waals surface area contributed by atoms with Gasteiger partial charge in [0.05, 0.1) is 11.4 Å². The van der Waals surface area contributed by atoms with Gasteiger partial charge in [0.1, 0.15) is 0 Å². The average Bonchev–Trinajstić information content (AvgIpc) is 2.65. The molecule has 0 aliphatic rings. The molecule has 0 aliphatic heterocycles. The fraction of sp³-hybridized carbons (Fsp3) is 0. The highest BCUT2D eigenvalue weighted by Gasteiger charge is 2.01. The van der Waals surface area contributed by atoms with Crippen LogP contribution in [0.1, 0.15) is 11.1 Å². The smallest absolute Gasteiger partial charge is 0.0905 e. The summed E-state index contributed by atoms with van der Waals surface area (Å²) >= 11 is 3.53. The van der Waals surface area contributed by atoms with Crippen molar-refractivity contribution in [3.8, 4) is 0 Å². The third-order valence-electron chi connectivity index (χ3n) is 3.47. The van der Waals surface area contributed by atoms with E-state index in [0.29, 0.717) is 0 Å². The third-order valence-corrected chi connectivity index (χ3v) is 4.16. The highest BCUT2D eigenvalue weighted by molar-refractivity contribution is 9.10. The second-order valence-corrected chi connectivity index (χ2v) is 6.05. The van der Waals surface area contributed by atoms with Crippen molar-refractivity contribution in [2.45, 2.75) is 0 Å². The van der Waals surface area contributed by atoms with Crippen LogP contribution in [-0.4, -0.2) is 5.71 Å². The summed E-state index contributed by atoms with van der Waals surface area (Å²) in [6.07, 6.45) is 4.09. The molecule has 3 aromatic carbocycles. The number of halogens is 1. The largest absolute Gasteiger partial charge is 0.277 e. The Bertz CT molecular complexity index is 840. The highest BCUT2D eigenvalue weighted by Crippen LogP contribution is 2.21. The Labute approximate surface area is 150 Å². The molecule has 0 bridgehead atoms. The summed E-state index contributed by atoms with van der Waals surface area (Å²) in [6, 6.07) is 28.3. The lowest BCUT2D eigenvalue weighted by Gasteiger charge is -2.06. The molecule has 1 N–H and O–H groups in total. The lowest BCUT2D eigenvalue weighted by atomic mass is 10.1. The van der Waals surface area contributed by atoms with Crippen molar-refractivity contribution in [3.63, 3.8) is 0 Å². The molecule has 3 aromatic rings. The number of allylic oxidation sites excluding steroid dienone is 1. The van der Waals surface area contributed by atoms with E-state index < -0.39 is 0 Å². The number of nitrogens with zero attached hydrogens (tertiary/aromatic N) is 1. The van der Waals surface area contributed by atoms with Gasteiger partial charge in [0.2, 0.25) is 0 Å². The first-order chi connectivity index (χ1) is 11.8. The molecule has 3 rings (SSSR count). The molecular formula is C21H17BrN2. The summed E-state index contributed by atoms with van der Waals surface area (Å²) in [5, 5.41) is 4.59. The minimum Gasteiger partial charge on any atom is -0.277 e. The summed E-state index contributed by atoms with van der Waals surface area (Å²) in [6.45, 7) is 0. The molecule has 0 radical (unpaired) electrons. The molecular weight excluding hydrogens is 360 g/mol. The SMILES string of the molecule is Brc1ccccc1N/N=C(\C=C\c1ccccc1)c1ccccc1. The Hall–Kier alpha value is -2.65. The van der Waals surface area contributed by atoms with E-state index in [0.717, 1.165) is 27.0 Å². The van der Waals surface area contributed by atoms with Gasteiger partial charge >= 0.3 is 0 Å². The van der Waals surface area contributed by atoms with Crippen LogP contribution in [0.25, 0.3) is 6.08 Å². The minimum absolute atomic E-state index is 0.871. The first-order valence-corrected chi connectivity index (χ1v) is 8.49. The predicted molar refractivity (Wildman–Crippen MR) is 106 cm³/mol. The second-order valence-electron chi connectivity index (χ2n) is 5.20. The number of rotatable bonds is 5. The molecule has 0 heterocycles. The van der Waals surface area contributed by atoms with E-state index in [1.807, 2.05) is 66.7 Å². The number of hydrazone groups is 1. The monoisotopic (exact) mass is 376 g/mol. The van der Waals surface area contributed by atoms with E-state index in [4.69, 9.17) is 0 Å². The molecule has 2 nitrogen and oxygen atoms in total. The Morgan fingerprint density at radius 2 is 1.42 bits per heavy atom. The summed E-state index contributed by atoms with van der Waals surface area (Å²) in [4.78, 5) is 0. The molecule has 0 unspecified atom stereocenters. The molecule has 0 amide bonds. The molecule has 0 fully saturated rings. The van der Waals surface area contributed by atoms with Crippen molar-refractivity contribution in [1.29, 1.82) is 0 Å². The fourth-order valence-corrected chi connectivity index (χ4v) is 2.59. The van der Waals surface area contributed by atoms with E-state index >= 15 is 0 Å². The molecule has 24 heavy (non-hydrogen) atoms. The van der Waals surface area contributed by atoms with Gasteiger partial charge < -0.3 is 0 Å². The van der Waals surface area contributed by atoms with Crippen LogP contribution < -0.4 is 5.43 Å². The zero-order valence-electron chi connectivity index (χ0n) is 13.1. The Morgan fingerprint density at radius 1 is 0.792 bits per heavy atom. The van der Waals surface area contributed by atoms with Crippen molar-refractivity contribution in [2.75, 3.05) is 5.43 Å². The standard InChI is InChI=1S/C21H17BrN2/c22-19-13-7-8-14-21(19)24-23-20(18-11-5-2-6-12-18)16-15-17-9-3-1-4-10-17/h1-16,24H/b16-15+,23-20+. The van der Waals surface area contributed by atoms with Crippen LogP contribution >= 0.6 is 15.9 Å². The predicted octanol–water partition coefficient (Wildman–Crippen LogP) is 5.98. The van der Waals surface area contributed by atoms with E-state index in [2.05, 4.69) is 56.8 Å². The molecule has 0 aliphatic carbocycles. The van der Waals surface area contributed by atoms with Crippen molar-refractivity contribution in [3.05, 3.63) is 107 Å². The summed E-state index contributed by atoms with van der Waals surface area (Å²) < 4.78 is 0.980. The van der Waals surface area contributed by atoms with Crippen LogP contribution in [-0.2, 0) is 0 Å². The number of anilines is 1. The lowest BCUT2D eigenvalue weighted by molar-refractivity contribution is 1.32. The van der Waals surface area contributed by atoms with E-state index in [1.165, 1.54) is 0 Å². The molecule has 0 saturated carbocycles. The molecule has 0 spiro atoms. The highest BCUT2D eigenvalue weighted by atomic mass is 79.9. The maximum Gasteiger partial charge on any atom is 0.0905 e. The zero-order chi connectivity index (χ0) is 16.6. The van der Waals surface area contributed by atoms with E-state index in [-0.39, 0.29) is 0 Å². The molecule has 118 valence electrons. The van der Waals surface area contributed by atoms with Gasteiger partial charge in [0.15, 0.2) is 0 Å². The zero-order valence-corrected chi connectivity index (χ0v) is 14.6. The van der Waals surface area contributed by atoms with Gasteiger partial charge in [0.25, 0.3) is 0 Å². The molecule has 0 aromatic heterocycles. The third kappa shape index (κ3) is 4.43. The van der Waals surface area contributed by atoms with Crippen LogP contribution in [0.3, 0.4) is 0 Å². The van der Waals surface area contributed by atoms with Crippen molar-refractivity contribution in [1.82, 2.24) is 0 Å². The Kier molecular flexibility index (Phi) is 5.59. The van der Waals surface area contributed by atoms with E-state index in [1.54, 1.807) is 0 Å². The molecule has 0 saturated heterocycles. The Balaban J connectivity index is 1.89. The van der Waals surface area contributed by atoms with Gasteiger partial charge in [-0.2, -0.15) is 5.10 Å². The van der Waals surface area contributed by atoms with Crippen molar-refractivity contribution >= 4 is 33.4 Å².